The Morgan fingerprint density at radius 3 is 2.82 bits per heavy atom. The first-order chi connectivity index (χ1) is 16.1. The minimum absolute atomic E-state index is 0.00781. The first-order valence-electron chi connectivity index (χ1n) is 11.3. The minimum atomic E-state index is -0.0394. The Morgan fingerprint density at radius 1 is 1.21 bits per heavy atom. The van der Waals surface area contributed by atoms with Crippen LogP contribution in [-0.4, -0.2) is 63.7 Å². The molecule has 3 heterocycles. The van der Waals surface area contributed by atoms with Crippen LogP contribution in [0.1, 0.15) is 19.4 Å². The molecule has 1 aromatic carbocycles. The zero-order valence-electron chi connectivity index (χ0n) is 19.1. The summed E-state index contributed by atoms with van der Waals surface area (Å²) in [5.41, 5.74) is 1.29. The standard InChI is InChI=1S/C24H31N5O3S/c1-18(2)14-29-23(21-9-6-11-32-21)26-27-24(29)33-17-22(30)25-13-20-16-28(10-12-31-20)15-19-7-4-3-5-8-19/h3-9,11,18,20H,10,12-17H2,1-2H3,(H,25,30). The van der Waals surface area contributed by atoms with Crippen LogP contribution >= 0.6 is 11.8 Å². The number of furan rings is 1. The summed E-state index contributed by atoms with van der Waals surface area (Å²) in [7, 11) is 0. The van der Waals surface area contributed by atoms with Gasteiger partial charge in [0, 0.05) is 32.7 Å². The number of hydrogen-bond donors (Lipinski definition) is 1. The summed E-state index contributed by atoms with van der Waals surface area (Å²) in [6.07, 6.45) is 1.62. The molecule has 1 amide bonds. The molecular weight excluding hydrogens is 438 g/mol. The van der Waals surface area contributed by atoms with Crippen molar-refractivity contribution in [3.05, 3.63) is 54.3 Å². The van der Waals surface area contributed by atoms with E-state index in [1.54, 1.807) is 6.26 Å². The fourth-order valence-electron chi connectivity index (χ4n) is 3.81. The van der Waals surface area contributed by atoms with Crippen molar-refractivity contribution >= 4 is 17.7 Å². The maximum Gasteiger partial charge on any atom is 0.230 e. The van der Waals surface area contributed by atoms with Gasteiger partial charge in [0.1, 0.15) is 0 Å². The smallest absolute Gasteiger partial charge is 0.230 e. The van der Waals surface area contributed by atoms with E-state index in [0.29, 0.717) is 35.8 Å². The molecule has 1 fully saturated rings. The number of ether oxygens (including phenoxy) is 1. The molecule has 0 spiro atoms. The lowest BCUT2D eigenvalue weighted by Gasteiger charge is -2.33. The van der Waals surface area contributed by atoms with Gasteiger partial charge in [0.25, 0.3) is 0 Å². The average molecular weight is 470 g/mol. The molecule has 2 aromatic heterocycles. The Bertz CT molecular complexity index is 1010. The molecule has 0 aliphatic carbocycles. The molecule has 8 nitrogen and oxygen atoms in total. The van der Waals surface area contributed by atoms with E-state index in [4.69, 9.17) is 9.15 Å². The molecule has 3 aromatic rings. The Hall–Kier alpha value is -2.62. The number of amides is 1. The van der Waals surface area contributed by atoms with Crippen molar-refractivity contribution in [2.75, 3.05) is 32.0 Å². The quantitative estimate of drug-likeness (QED) is 0.456. The van der Waals surface area contributed by atoms with Crippen molar-refractivity contribution in [1.29, 1.82) is 0 Å². The summed E-state index contributed by atoms with van der Waals surface area (Å²) < 4.78 is 13.4. The molecule has 1 unspecified atom stereocenters. The van der Waals surface area contributed by atoms with Gasteiger partial charge in [-0.15, -0.1) is 10.2 Å². The van der Waals surface area contributed by atoms with Crippen LogP contribution in [0.25, 0.3) is 11.6 Å². The van der Waals surface area contributed by atoms with Crippen LogP contribution in [0.15, 0.2) is 58.3 Å². The molecule has 1 saturated heterocycles. The van der Waals surface area contributed by atoms with Gasteiger partial charge in [-0.25, -0.2) is 0 Å². The van der Waals surface area contributed by atoms with Gasteiger partial charge in [-0.05, 0) is 23.6 Å². The molecule has 1 aliphatic rings. The van der Waals surface area contributed by atoms with Crippen molar-refractivity contribution in [2.24, 2.45) is 5.92 Å². The zero-order valence-corrected chi connectivity index (χ0v) is 20.0. The molecule has 176 valence electrons. The van der Waals surface area contributed by atoms with Gasteiger partial charge in [0.05, 0.1) is 24.7 Å². The summed E-state index contributed by atoms with van der Waals surface area (Å²) in [6, 6.07) is 14.1. The molecule has 33 heavy (non-hydrogen) atoms. The first-order valence-corrected chi connectivity index (χ1v) is 12.3. The van der Waals surface area contributed by atoms with Gasteiger partial charge in [0.2, 0.25) is 5.91 Å². The highest BCUT2D eigenvalue weighted by atomic mass is 32.2. The van der Waals surface area contributed by atoms with Crippen LogP contribution in [0.5, 0.6) is 0 Å². The molecule has 1 aliphatic heterocycles. The maximum atomic E-state index is 12.5. The number of carbonyl (C=O) groups excluding carboxylic acids is 1. The third kappa shape index (κ3) is 6.69. The SMILES string of the molecule is CC(C)Cn1c(SCC(=O)NCC2CN(Cc3ccccc3)CCO2)nnc1-c1ccco1. The topological polar surface area (TPSA) is 85.4 Å². The predicted molar refractivity (Wildman–Crippen MR) is 128 cm³/mol. The van der Waals surface area contributed by atoms with Gasteiger partial charge in [-0.1, -0.05) is 55.9 Å². The van der Waals surface area contributed by atoms with E-state index in [9.17, 15) is 4.79 Å². The summed E-state index contributed by atoms with van der Waals surface area (Å²) in [5.74, 6) is 2.00. The lowest BCUT2D eigenvalue weighted by Crippen LogP contribution is -2.47. The summed E-state index contributed by atoms with van der Waals surface area (Å²) in [4.78, 5) is 14.9. The summed E-state index contributed by atoms with van der Waals surface area (Å²) in [6.45, 7) is 8.80. The van der Waals surface area contributed by atoms with E-state index in [0.717, 1.165) is 26.2 Å². The molecule has 9 heteroatoms. The minimum Gasteiger partial charge on any atom is -0.461 e. The van der Waals surface area contributed by atoms with Crippen molar-refractivity contribution in [1.82, 2.24) is 25.0 Å². The van der Waals surface area contributed by atoms with Crippen molar-refractivity contribution in [2.45, 2.75) is 38.2 Å². The van der Waals surface area contributed by atoms with E-state index >= 15 is 0 Å². The second kappa shape index (κ2) is 11.5. The molecular formula is C24H31N5O3S. The van der Waals surface area contributed by atoms with Crippen molar-refractivity contribution < 1.29 is 13.9 Å². The van der Waals surface area contributed by atoms with Gasteiger partial charge in [-0.3, -0.25) is 14.3 Å². The normalized spacial score (nSPS) is 16.9. The van der Waals surface area contributed by atoms with E-state index in [1.165, 1.54) is 17.3 Å². The Morgan fingerprint density at radius 2 is 2.06 bits per heavy atom. The Labute approximate surface area is 198 Å². The van der Waals surface area contributed by atoms with Crippen LogP contribution in [0.3, 0.4) is 0 Å². The largest absolute Gasteiger partial charge is 0.461 e. The van der Waals surface area contributed by atoms with Crippen LogP contribution in [0.4, 0.5) is 0 Å². The van der Waals surface area contributed by atoms with Crippen molar-refractivity contribution in [3.8, 4) is 11.6 Å². The summed E-state index contributed by atoms with van der Waals surface area (Å²) >= 11 is 1.39. The number of thioether (sulfide) groups is 1. The molecule has 1 N–H and O–H groups in total. The van der Waals surface area contributed by atoms with Gasteiger partial charge >= 0.3 is 0 Å². The number of rotatable bonds is 10. The number of morpholine rings is 1. The molecule has 0 radical (unpaired) electrons. The van der Waals surface area contributed by atoms with Crippen LogP contribution in [0, 0.1) is 5.92 Å². The number of carbonyl (C=O) groups is 1. The zero-order chi connectivity index (χ0) is 23.0. The highest BCUT2D eigenvalue weighted by Gasteiger charge is 2.22. The van der Waals surface area contributed by atoms with E-state index in [1.807, 2.05) is 22.8 Å². The Balaban J connectivity index is 1.26. The van der Waals surface area contributed by atoms with Crippen LogP contribution < -0.4 is 5.32 Å². The van der Waals surface area contributed by atoms with Crippen LogP contribution in [-0.2, 0) is 22.6 Å². The molecule has 4 rings (SSSR count). The lowest BCUT2D eigenvalue weighted by molar-refractivity contribution is -0.119. The Kier molecular flexibility index (Phi) is 8.20. The molecule has 0 bridgehead atoms. The maximum absolute atomic E-state index is 12.5. The fourth-order valence-corrected chi connectivity index (χ4v) is 4.59. The number of nitrogens with one attached hydrogen (secondary N) is 1. The molecule has 1 atom stereocenters. The van der Waals surface area contributed by atoms with Gasteiger partial charge in [-0.2, -0.15) is 0 Å². The third-order valence-corrected chi connectivity index (χ3v) is 6.30. The second-order valence-corrected chi connectivity index (χ2v) is 9.54. The average Bonchev–Trinajstić information content (AvgIpc) is 3.47. The predicted octanol–water partition coefficient (Wildman–Crippen LogP) is 3.30. The first kappa shape index (κ1) is 23.5. The highest BCUT2D eigenvalue weighted by Crippen LogP contribution is 2.25. The van der Waals surface area contributed by atoms with Gasteiger partial charge < -0.3 is 14.5 Å². The van der Waals surface area contributed by atoms with Crippen LogP contribution in [0.2, 0.25) is 0 Å². The number of aromatic nitrogens is 3. The monoisotopic (exact) mass is 469 g/mol. The highest BCUT2D eigenvalue weighted by molar-refractivity contribution is 7.99. The molecule has 0 saturated carbocycles. The number of hydrogen-bond acceptors (Lipinski definition) is 7. The summed E-state index contributed by atoms with van der Waals surface area (Å²) in [5, 5.41) is 12.3. The fraction of sp³-hybridized carbons (Fsp3) is 0.458. The van der Waals surface area contributed by atoms with E-state index < -0.39 is 0 Å². The van der Waals surface area contributed by atoms with E-state index in [2.05, 4.69) is 58.5 Å². The number of benzene rings is 1. The van der Waals surface area contributed by atoms with Crippen molar-refractivity contribution in [3.63, 3.8) is 0 Å². The third-order valence-electron chi connectivity index (χ3n) is 5.34. The second-order valence-electron chi connectivity index (χ2n) is 8.59. The number of nitrogens with zero attached hydrogens (tertiary/aromatic N) is 4. The van der Waals surface area contributed by atoms with E-state index in [-0.39, 0.29) is 17.8 Å². The lowest BCUT2D eigenvalue weighted by atomic mass is 10.2. The van der Waals surface area contributed by atoms with Gasteiger partial charge in [0.15, 0.2) is 16.7 Å².